The van der Waals surface area contributed by atoms with Gasteiger partial charge in [0.15, 0.2) is 5.82 Å². The van der Waals surface area contributed by atoms with Crippen LogP contribution < -0.4 is 14.9 Å². The fourth-order valence-electron chi connectivity index (χ4n) is 3.09. The Kier molecular flexibility index (Phi) is 5.55. The van der Waals surface area contributed by atoms with Gasteiger partial charge in [0, 0.05) is 49.1 Å². The molecule has 11 nitrogen and oxygen atoms in total. The third-order valence-electron chi connectivity index (χ3n) is 5.36. The monoisotopic (exact) mass is 456 g/mol. The van der Waals surface area contributed by atoms with E-state index in [9.17, 15) is 13.2 Å². The van der Waals surface area contributed by atoms with E-state index in [4.69, 9.17) is 0 Å². The highest BCUT2D eigenvalue weighted by molar-refractivity contribution is 7.92. The van der Waals surface area contributed by atoms with Crippen LogP contribution in [0.2, 0.25) is 0 Å². The van der Waals surface area contributed by atoms with Crippen LogP contribution in [0.4, 0.5) is 23.1 Å². The minimum atomic E-state index is -3.56. The number of rotatable bonds is 7. The lowest BCUT2D eigenvalue weighted by Crippen LogP contribution is -2.26. The molecule has 1 saturated carbocycles. The standard InChI is InChI=1S/C20H24N8O3S/c1-12-15(10-24-27(12)2)14-7-16(28(3)32(4,30)31)19(21-9-14)25-17-8-18(23-11-22-17)26-20(29)13-5-6-13/h7-11,13H,5-6H2,1-4H3,(H2,21,22,23,25,26,29). The Labute approximate surface area is 186 Å². The molecule has 3 aromatic rings. The first-order chi connectivity index (χ1) is 15.1. The molecular weight excluding hydrogens is 432 g/mol. The van der Waals surface area contributed by atoms with E-state index in [1.165, 1.54) is 13.4 Å². The summed E-state index contributed by atoms with van der Waals surface area (Å²) in [4.78, 5) is 24.7. The largest absolute Gasteiger partial charge is 0.323 e. The zero-order chi connectivity index (χ0) is 23.0. The van der Waals surface area contributed by atoms with Crippen molar-refractivity contribution in [2.45, 2.75) is 19.8 Å². The normalized spacial score (nSPS) is 13.6. The van der Waals surface area contributed by atoms with Crippen molar-refractivity contribution in [3.63, 3.8) is 0 Å². The van der Waals surface area contributed by atoms with Crippen molar-refractivity contribution >= 4 is 39.1 Å². The van der Waals surface area contributed by atoms with Crippen LogP contribution in [0, 0.1) is 12.8 Å². The number of anilines is 4. The van der Waals surface area contributed by atoms with Crippen LogP contribution >= 0.6 is 0 Å². The number of nitrogens with zero attached hydrogens (tertiary/aromatic N) is 6. The summed E-state index contributed by atoms with van der Waals surface area (Å²) in [5, 5.41) is 10.1. The Balaban J connectivity index is 1.68. The Morgan fingerprint density at radius 2 is 1.88 bits per heavy atom. The molecule has 2 N–H and O–H groups in total. The minimum Gasteiger partial charge on any atom is -0.323 e. The molecule has 0 unspecified atom stereocenters. The van der Waals surface area contributed by atoms with Crippen LogP contribution in [0.3, 0.4) is 0 Å². The number of sulfonamides is 1. The number of hydrogen-bond acceptors (Lipinski definition) is 8. The topological polar surface area (TPSA) is 135 Å². The first kappa shape index (κ1) is 21.7. The lowest BCUT2D eigenvalue weighted by Gasteiger charge is -2.21. The highest BCUT2D eigenvalue weighted by Crippen LogP contribution is 2.33. The maximum atomic E-state index is 12.3. The maximum absolute atomic E-state index is 12.3. The Hall–Kier alpha value is -3.54. The first-order valence-corrected chi connectivity index (χ1v) is 11.8. The number of hydrogen-bond donors (Lipinski definition) is 2. The van der Waals surface area contributed by atoms with Gasteiger partial charge in [0.2, 0.25) is 15.9 Å². The van der Waals surface area contributed by atoms with Crippen LogP contribution in [-0.4, -0.2) is 52.4 Å². The molecule has 3 heterocycles. The summed E-state index contributed by atoms with van der Waals surface area (Å²) in [5.41, 5.74) is 2.84. The van der Waals surface area contributed by atoms with Crippen LogP contribution in [0.15, 0.2) is 30.9 Å². The number of carbonyl (C=O) groups is 1. The van der Waals surface area contributed by atoms with E-state index < -0.39 is 10.0 Å². The van der Waals surface area contributed by atoms with Gasteiger partial charge in [0.1, 0.15) is 18.0 Å². The highest BCUT2D eigenvalue weighted by Gasteiger charge is 2.30. The third-order valence-corrected chi connectivity index (χ3v) is 6.56. The van der Waals surface area contributed by atoms with Crippen molar-refractivity contribution in [1.82, 2.24) is 24.7 Å². The molecule has 0 saturated heterocycles. The summed E-state index contributed by atoms with van der Waals surface area (Å²) in [6.07, 6.45) is 7.56. The van der Waals surface area contributed by atoms with Gasteiger partial charge < -0.3 is 10.6 Å². The summed E-state index contributed by atoms with van der Waals surface area (Å²) in [6, 6.07) is 3.31. The van der Waals surface area contributed by atoms with Gasteiger partial charge in [0.05, 0.1) is 18.1 Å². The fourth-order valence-corrected chi connectivity index (χ4v) is 3.58. The molecule has 0 aromatic carbocycles. The second-order valence-electron chi connectivity index (χ2n) is 7.77. The summed E-state index contributed by atoms with van der Waals surface area (Å²) in [5.74, 6) is 0.997. The SMILES string of the molecule is Cc1c(-c2cnc(Nc3cc(NC(=O)C4CC4)ncn3)c(N(C)S(C)(=O)=O)c2)cnn1C. The van der Waals surface area contributed by atoms with E-state index in [-0.39, 0.29) is 11.8 Å². The number of carbonyl (C=O) groups excluding carboxylic acids is 1. The average Bonchev–Trinajstić information content (AvgIpc) is 3.54. The van der Waals surface area contributed by atoms with Crippen LogP contribution in [0.1, 0.15) is 18.5 Å². The molecule has 168 valence electrons. The molecule has 0 atom stereocenters. The summed E-state index contributed by atoms with van der Waals surface area (Å²) >= 11 is 0. The molecular formula is C20H24N8O3S. The maximum Gasteiger partial charge on any atom is 0.232 e. The summed E-state index contributed by atoms with van der Waals surface area (Å²) in [6.45, 7) is 1.92. The molecule has 12 heteroatoms. The van der Waals surface area contributed by atoms with Crippen molar-refractivity contribution in [3.8, 4) is 11.1 Å². The van der Waals surface area contributed by atoms with Gasteiger partial charge in [-0.15, -0.1) is 0 Å². The van der Waals surface area contributed by atoms with Gasteiger partial charge >= 0.3 is 0 Å². The number of nitrogens with one attached hydrogen (secondary N) is 2. The molecule has 0 aliphatic heterocycles. The number of pyridine rings is 1. The number of aromatic nitrogens is 5. The minimum absolute atomic E-state index is 0.0431. The molecule has 1 aliphatic carbocycles. The predicted octanol–water partition coefficient (Wildman–Crippen LogP) is 2.07. The van der Waals surface area contributed by atoms with Gasteiger partial charge in [-0.25, -0.2) is 23.4 Å². The van der Waals surface area contributed by atoms with E-state index in [1.807, 2.05) is 14.0 Å². The van der Waals surface area contributed by atoms with Gasteiger partial charge in [0.25, 0.3) is 0 Å². The second-order valence-corrected chi connectivity index (χ2v) is 9.78. The molecule has 1 aliphatic rings. The third kappa shape index (κ3) is 4.54. The van der Waals surface area contributed by atoms with E-state index in [0.29, 0.717) is 23.1 Å². The molecule has 0 radical (unpaired) electrons. The lowest BCUT2D eigenvalue weighted by atomic mass is 10.1. The number of amides is 1. The quantitative estimate of drug-likeness (QED) is 0.552. The summed E-state index contributed by atoms with van der Waals surface area (Å²) in [7, 11) is -0.268. The Morgan fingerprint density at radius 1 is 1.16 bits per heavy atom. The molecule has 0 spiro atoms. The molecule has 32 heavy (non-hydrogen) atoms. The molecule has 4 rings (SSSR count). The average molecular weight is 457 g/mol. The second kappa shape index (κ2) is 8.19. The zero-order valence-corrected chi connectivity index (χ0v) is 19.0. The zero-order valence-electron chi connectivity index (χ0n) is 18.2. The molecule has 1 amide bonds. The van der Waals surface area contributed by atoms with Crippen molar-refractivity contribution in [2.24, 2.45) is 13.0 Å². The Morgan fingerprint density at radius 3 is 2.50 bits per heavy atom. The van der Waals surface area contributed by atoms with Crippen LogP contribution in [0.5, 0.6) is 0 Å². The van der Waals surface area contributed by atoms with Crippen LogP contribution in [-0.2, 0) is 21.9 Å². The fraction of sp³-hybridized carbons (Fsp3) is 0.350. The Bertz CT molecular complexity index is 1280. The molecule has 1 fully saturated rings. The van der Waals surface area contributed by atoms with E-state index in [0.717, 1.165) is 40.2 Å². The van der Waals surface area contributed by atoms with Gasteiger partial charge in [-0.1, -0.05) is 0 Å². The lowest BCUT2D eigenvalue weighted by molar-refractivity contribution is -0.117. The molecule has 3 aromatic heterocycles. The van der Waals surface area contributed by atoms with Crippen molar-refractivity contribution in [3.05, 3.63) is 36.5 Å². The van der Waals surface area contributed by atoms with Crippen LogP contribution in [0.25, 0.3) is 11.1 Å². The van der Waals surface area contributed by atoms with Gasteiger partial charge in [-0.05, 0) is 25.8 Å². The van der Waals surface area contributed by atoms with Crippen molar-refractivity contribution in [2.75, 3.05) is 28.2 Å². The highest BCUT2D eigenvalue weighted by atomic mass is 32.2. The molecule has 0 bridgehead atoms. The number of aryl methyl sites for hydroxylation is 1. The van der Waals surface area contributed by atoms with Crippen molar-refractivity contribution in [1.29, 1.82) is 0 Å². The smallest absolute Gasteiger partial charge is 0.232 e. The van der Waals surface area contributed by atoms with Gasteiger partial charge in [-0.2, -0.15) is 5.10 Å². The first-order valence-electron chi connectivity index (χ1n) is 9.96. The summed E-state index contributed by atoms with van der Waals surface area (Å²) < 4.78 is 27.4. The van der Waals surface area contributed by atoms with Gasteiger partial charge in [-0.3, -0.25) is 13.8 Å². The van der Waals surface area contributed by atoms with E-state index in [2.05, 4.69) is 30.7 Å². The van der Waals surface area contributed by atoms with E-state index >= 15 is 0 Å². The van der Waals surface area contributed by atoms with E-state index in [1.54, 1.807) is 29.2 Å². The van der Waals surface area contributed by atoms with Crippen molar-refractivity contribution < 1.29 is 13.2 Å². The predicted molar refractivity (Wildman–Crippen MR) is 121 cm³/mol.